The number of hydrogen-bond donors (Lipinski definition) is 0. The minimum Gasteiger partial charge on any atom is -0.468 e. The van der Waals surface area contributed by atoms with Gasteiger partial charge in [0.1, 0.15) is 0 Å². The largest absolute Gasteiger partial charge is 0.468 e. The lowest BCUT2D eigenvalue weighted by molar-refractivity contribution is -0.137. The quantitative estimate of drug-likeness (QED) is 0.479. The van der Waals surface area contributed by atoms with Crippen molar-refractivity contribution in [3.8, 4) is 5.88 Å². The Bertz CT molecular complexity index is 675. The van der Waals surface area contributed by atoms with E-state index in [4.69, 9.17) is 0 Å². The van der Waals surface area contributed by atoms with Crippen LogP contribution in [0.2, 0.25) is 0 Å². The van der Waals surface area contributed by atoms with Gasteiger partial charge in [0.2, 0.25) is 0 Å². The van der Waals surface area contributed by atoms with Crippen molar-refractivity contribution in [1.82, 2.24) is 9.19 Å². The molecule has 0 aromatic carbocycles. The highest BCUT2D eigenvalue weighted by Crippen LogP contribution is 2.11. The Morgan fingerprint density at radius 1 is 1.35 bits per heavy atom. The van der Waals surface area contributed by atoms with Crippen LogP contribution in [0.1, 0.15) is 13.3 Å². The van der Waals surface area contributed by atoms with Crippen LogP contribution in [0.4, 0.5) is 0 Å². The lowest BCUT2D eigenvalue weighted by Gasteiger charge is -2.03. The molecule has 0 spiro atoms. The van der Waals surface area contributed by atoms with Crippen molar-refractivity contribution < 1.29 is 30.6 Å². The fourth-order valence-electron chi connectivity index (χ4n) is 1.20. The standard InChI is InChI=1S/C9H14N2O7S2/c1-3-6-19(13,14)11-5-4-8(10-11)18-20(15,16)7-9(12)17-2/h4-5H,3,6-7H2,1-2H3. The Morgan fingerprint density at radius 2 is 2.00 bits per heavy atom. The van der Waals surface area contributed by atoms with Gasteiger partial charge in [0.05, 0.1) is 12.9 Å². The van der Waals surface area contributed by atoms with Crippen LogP contribution in [0.5, 0.6) is 5.88 Å². The second kappa shape index (κ2) is 6.22. The normalized spacial score (nSPS) is 12.1. The maximum atomic E-state index is 11.7. The molecule has 0 amide bonds. The SMILES string of the molecule is CCCS(=O)(=O)n1ccc(OS(=O)(=O)CC(=O)OC)n1. The first-order valence-corrected chi connectivity index (χ1v) is 8.66. The van der Waals surface area contributed by atoms with Crippen molar-refractivity contribution in [2.24, 2.45) is 0 Å². The molecule has 0 saturated carbocycles. The zero-order chi connectivity index (χ0) is 15.4. The molecule has 0 atom stereocenters. The molecule has 0 N–H and O–H groups in total. The van der Waals surface area contributed by atoms with Gasteiger partial charge in [0.25, 0.3) is 15.9 Å². The van der Waals surface area contributed by atoms with Gasteiger partial charge < -0.3 is 8.92 Å². The lowest BCUT2D eigenvalue weighted by atomic mass is 10.6. The predicted octanol–water partition coefficient (Wildman–Crippen LogP) is -0.647. The maximum Gasteiger partial charge on any atom is 0.324 e. The van der Waals surface area contributed by atoms with Crippen molar-refractivity contribution >= 4 is 26.1 Å². The minimum absolute atomic E-state index is 0.136. The minimum atomic E-state index is -4.24. The summed E-state index contributed by atoms with van der Waals surface area (Å²) in [5, 5.41) is 3.49. The van der Waals surface area contributed by atoms with Crippen LogP contribution >= 0.6 is 0 Å². The first-order valence-electron chi connectivity index (χ1n) is 5.48. The predicted molar refractivity (Wildman–Crippen MR) is 68.1 cm³/mol. The number of nitrogens with zero attached hydrogens (tertiary/aromatic N) is 2. The van der Waals surface area contributed by atoms with E-state index < -0.39 is 37.7 Å². The molecule has 11 heteroatoms. The highest BCUT2D eigenvalue weighted by Gasteiger charge is 2.22. The van der Waals surface area contributed by atoms with Crippen molar-refractivity contribution in [3.05, 3.63) is 12.3 Å². The molecule has 1 aromatic rings. The van der Waals surface area contributed by atoms with Crippen LogP contribution in [-0.4, -0.2) is 50.6 Å². The number of esters is 1. The van der Waals surface area contributed by atoms with E-state index in [0.29, 0.717) is 10.5 Å². The van der Waals surface area contributed by atoms with Crippen LogP contribution in [-0.2, 0) is 29.7 Å². The lowest BCUT2D eigenvalue weighted by Crippen LogP contribution is -2.22. The first kappa shape index (κ1) is 16.4. The molecule has 0 bridgehead atoms. The highest BCUT2D eigenvalue weighted by atomic mass is 32.2. The van der Waals surface area contributed by atoms with Gasteiger partial charge in [-0.2, -0.15) is 12.5 Å². The van der Waals surface area contributed by atoms with E-state index in [0.717, 1.165) is 19.4 Å². The molecule has 0 aliphatic rings. The van der Waals surface area contributed by atoms with Gasteiger partial charge >= 0.3 is 16.1 Å². The van der Waals surface area contributed by atoms with Gasteiger partial charge in [-0.1, -0.05) is 6.92 Å². The van der Waals surface area contributed by atoms with E-state index in [1.807, 2.05) is 0 Å². The molecule has 1 rings (SSSR count). The average Bonchev–Trinajstić information content (AvgIpc) is 2.76. The second-order valence-electron chi connectivity index (χ2n) is 3.70. The summed E-state index contributed by atoms with van der Waals surface area (Å²) in [6.45, 7) is 1.68. The number of methoxy groups -OCH3 is 1. The number of carbonyl (C=O) groups is 1. The van der Waals surface area contributed by atoms with E-state index in [-0.39, 0.29) is 5.75 Å². The van der Waals surface area contributed by atoms with Gasteiger partial charge in [-0.15, -0.1) is 5.10 Å². The van der Waals surface area contributed by atoms with Crippen LogP contribution < -0.4 is 4.18 Å². The Kier molecular flexibility index (Phi) is 5.11. The van der Waals surface area contributed by atoms with Crippen molar-refractivity contribution in [3.63, 3.8) is 0 Å². The van der Waals surface area contributed by atoms with Crippen molar-refractivity contribution in [1.29, 1.82) is 0 Å². The molecule has 0 radical (unpaired) electrons. The third kappa shape index (κ3) is 4.49. The van der Waals surface area contributed by atoms with Gasteiger partial charge in [0.15, 0.2) is 5.75 Å². The number of ether oxygens (including phenoxy) is 1. The summed E-state index contributed by atoms with van der Waals surface area (Å²) < 4.78 is 55.5. The summed E-state index contributed by atoms with van der Waals surface area (Å²) in [4.78, 5) is 10.9. The Hall–Kier alpha value is -1.62. The van der Waals surface area contributed by atoms with E-state index in [2.05, 4.69) is 14.0 Å². The smallest absolute Gasteiger partial charge is 0.324 e. The second-order valence-corrected chi connectivity index (χ2v) is 7.22. The molecule has 0 saturated heterocycles. The van der Waals surface area contributed by atoms with Crippen LogP contribution in [0, 0.1) is 0 Å². The molecule has 0 fully saturated rings. The van der Waals surface area contributed by atoms with Gasteiger partial charge in [-0.3, -0.25) is 4.79 Å². The van der Waals surface area contributed by atoms with Crippen molar-refractivity contribution in [2.75, 3.05) is 18.6 Å². The molecule has 0 aliphatic heterocycles. The summed E-state index contributed by atoms with van der Waals surface area (Å²) in [6.07, 6.45) is 1.45. The third-order valence-corrected chi connectivity index (χ3v) is 4.73. The van der Waals surface area contributed by atoms with Gasteiger partial charge in [-0.25, -0.2) is 8.42 Å². The number of aromatic nitrogens is 2. The average molecular weight is 326 g/mol. The van der Waals surface area contributed by atoms with Gasteiger partial charge in [0, 0.05) is 12.3 Å². The first-order chi connectivity index (χ1) is 9.20. The topological polar surface area (TPSA) is 122 Å². The Balaban J connectivity index is 2.86. The summed E-state index contributed by atoms with van der Waals surface area (Å²) >= 11 is 0. The summed E-state index contributed by atoms with van der Waals surface area (Å²) in [5.41, 5.74) is 0. The Labute approximate surface area is 116 Å². The van der Waals surface area contributed by atoms with Crippen LogP contribution in [0.25, 0.3) is 0 Å². The molecule has 0 unspecified atom stereocenters. The molecular formula is C9H14N2O7S2. The fraction of sp³-hybridized carbons (Fsp3) is 0.556. The van der Waals surface area contributed by atoms with E-state index in [9.17, 15) is 21.6 Å². The zero-order valence-electron chi connectivity index (χ0n) is 10.8. The molecule has 20 heavy (non-hydrogen) atoms. The molecule has 114 valence electrons. The maximum absolute atomic E-state index is 11.7. The Morgan fingerprint density at radius 3 is 2.55 bits per heavy atom. The van der Waals surface area contributed by atoms with Crippen LogP contribution in [0.3, 0.4) is 0 Å². The monoisotopic (exact) mass is 326 g/mol. The summed E-state index contributed by atoms with van der Waals surface area (Å²) in [7, 11) is -6.84. The summed E-state index contributed by atoms with van der Waals surface area (Å²) in [6, 6.07) is 1.07. The van der Waals surface area contributed by atoms with Crippen molar-refractivity contribution in [2.45, 2.75) is 13.3 Å². The fourth-order valence-corrected chi connectivity index (χ4v) is 3.17. The van der Waals surface area contributed by atoms with E-state index in [1.165, 1.54) is 0 Å². The summed E-state index contributed by atoms with van der Waals surface area (Å²) in [5.74, 6) is -2.56. The number of hydrogen-bond acceptors (Lipinski definition) is 8. The molecule has 0 aliphatic carbocycles. The number of carbonyl (C=O) groups excluding carboxylic acids is 1. The number of rotatable bonds is 7. The zero-order valence-corrected chi connectivity index (χ0v) is 12.5. The van der Waals surface area contributed by atoms with E-state index >= 15 is 0 Å². The molecule has 9 nitrogen and oxygen atoms in total. The molecular weight excluding hydrogens is 312 g/mol. The molecule has 1 heterocycles. The molecule has 1 aromatic heterocycles. The highest BCUT2D eigenvalue weighted by molar-refractivity contribution is 7.89. The van der Waals surface area contributed by atoms with Crippen LogP contribution in [0.15, 0.2) is 12.3 Å². The van der Waals surface area contributed by atoms with E-state index in [1.54, 1.807) is 6.92 Å². The van der Waals surface area contributed by atoms with Gasteiger partial charge in [-0.05, 0) is 6.42 Å². The third-order valence-electron chi connectivity index (χ3n) is 2.02.